The normalized spacial score (nSPS) is 14.8. The van der Waals surface area contributed by atoms with Crippen LogP contribution in [-0.4, -0.2) is 44.4 Å². The largest absolute Gasteiger partial charge is 0.339 e. The fraction of sp³-hybridized carbons (Fsp3) is 0.238. The van der Waals surface area contributed by atoms with Crippen LogP contribution < -0.4 is 0 Å². The van der Waals surface area contributed by atoms with Crippen LogP contribution in [0.25, 0.3) is 5.82 Å². The van der Waals surface area contributed by atoms with Gasteiger partial charge < -0.3 is 4.90 Å². The molecule has 1 amide bonds. The number of amides is 1. The van der Waals surface area contributed by atoms with Crippen molar-refractivity contribution in [2.75, 3.05) is 13.1 Å². The lowest BCUT2D eigenvalue weighted by molar-refractivity contribution is 0.0650. The molecule has 0 aliphatic carbocycles. The molecule has 0 radical (unpaired) electrons. The van der Waals surface area contributed by atoms with Crippen LogP contribution >= 0.6 is 23.2 Å². The lowest BCUT2D eigenvalue weighted by Crippen LogP contribution is -2.40. The summed E-state index contributed by atoms with van der Waals surface area (Å²) < 4.78 is 1.63. The number of halogens is 2. The summed E-state index contributed by atoms with van der Waals surface area (Å²) in [6.07, 6.45) is 6.25. The molecule has 148 valence electrons. The molecule has 3 heterocycles. The second kappa shape index (κ2) is 8.35. The van der Waals surface area contributed by atoms with Gasteiger partial charge in [0.15, 0.2) is 11.6 Å². The first-order chi connectivity index (χ1) is 14.0. The zero-order valence-electron chi connectivity index (χ0n) is 15.5. The maximum absolute atomic E-state index is 12.8. The first-order valence-electron chi connectivity index (χ1n) is 9.27. The highest BCUT2D eigenvalue weighted by Gasteiger charge is 2.28. The van der Waals surface area contributed by atoms with Gasteiger partial charge in [0.05, 0.1) is 15.6 Å². The number of nitrogens with zero attached hydrogens (tertiary/aromatic N) is 4. The van der Waals surface area contributed by atoms with E-state index in [1.807, 2.05) is 6.07 Å². The fourth-order valence-electron chi connectivity index (χ4n) is 3.46. The SMILES string of the molecule is O=C(c1ccc(Cl)c(Cl)c1)C1CCN(C(=O)c2ccc(-n3cccn3)nc2)CC1. The smallest absolute Gasteiger partial charge is 0.255 e. The molecule has 0 bridgehead atoms. The molecule has 1 saturated heterocycles. The number of likely N-dealkylation sites (tertiary alicyclic amines) is 1. The van der Waals surface area contributed by atoms with Crippen LogP contribution in [-0.2, 0) is 0 Å². The molecule has 0 saturated carbocycles. The topological polar surface area (TPSA) is 68.1 Å². The number of Topliss-reactive ketones (excluding diaryl/α,β-unsaturated/α-hetero) is 1. The van der Waals surface area contributed by atoms with Crippen molar-refractivity contribution in [2.24, 2.45) is 5.92 Å². The van der Waals surface area contributed by atoms with Gasteiger partial charge in [-0.2, -0.15) is 5.10 Å². The van der Waals surface area contributed by atoms with Crippen molar-refractivity contribution >= 4 is 34.9 Å². The van der Waals surface area contributed by atoms with Crippen LogP contribution in [0.15, 0.2) is 55.0 Å². The van der Waals surface area contributed by atoms with E-state index >= 15 is 0 Å². The van der Waals surface area contributed by atoms with Crippen molar-refractivity contribution in [2.45, 2.75) is 12.8 Å². The van der Waals surface area contributed by atoms with E-state index in [0.29, 0.717) is 52.9 Å². The summed E-state index contributed by atoms with van der Waals surface area (Å²) in [5.74, 6) is 0.486. The van der Waals surface area contributed by atoms with Crippen molar-refractivity contribution in [1.82, 2.24) is 19.7 Å². The molecule has 8 heteroatoms. The summed E-state index contributed by atoms with van der Waals surface area (Å²) in [6.45, 7) is 1.05. The monoisotopic (exact) mass is 428 g/mol. The maximum atomic E-state index is 12.8. The van der Waals surface area contributed by atoms with Gasteiger partial charge in [0.1, 0.15) is 0 Å². The molecule has 0 N–H and O–H groups in total. The molecule has 0 unspecified atom stereocenters. The Balaban J connectivity index is 1.38. The summed E-state index contributed by atoms with van der Waals surface area (Å²) in [5, 5.41) is 4.92. The maximum Gasteiger partial charge on any atom is 0.255 e. The molecule has 1 fully saturated rings. The van der Waals surface area contributed by atoms with E-state index in [4.69, 9.17) is 23.2 Å². The van der Waals surface area contributed by atoms with Gasteiger partial charge in [-0.25, -0.2) is 9.67 Å². The van der Waals surface area contributed by atoms with E-state index in [-0.39, 0.29) is 17.6 Å². The van der Waals surface area contributed by atoms with Gasteiger partial charge in [0.2, 0.25) is 0 Å². The van der Waals surface area contributed by atoms with E-state index in [0.717, 1.165) is 0 Å². The third-order valence-electron chi connectivity index (χ3n) is 5.09. The summed E-state index contributed by atoms with van der Waals surface area (Å²) in [5.41, 5.74) is 1.08. The van der Waals surface area contributed by atoms with Crippen molar-refractivity contribution < 1.29 is 9.59 Å². The number of carbonyl (C=O) groups excluding carboxylic acids is 2. The Morgan fingerprint density at radius 1 is 1.00 bits per heavy atom. The first-order valence-corrected chi connectivity index (χ1v) is 10.0. The molecule has 1 aliphatic rings. The molecule has 29 heavy (non-hydrogen) atoms. The van der Waals surface area contributed by atoms with E-state index < -0.39 is 0 Å². The minimum atomic E-state index is -0.128. The van der Waals surface area contributed by atoms with Gasteiger partial charge in [-0.3, -0.25) is 9.59 Å². The molecule has 4 rings (SSSR count). The van der Waals surface area contributed by atoms with Crippen LogP contribution in [0.4, 0.5) is 0 Å². The van der Waals surface area contributed by atoms with Gasteiger partial charge in [0, 0.05) is 43.2 Å². The summed E-state index contributed by atoms with van der Waals surface area (Å²) in [7, 11) is 0. The average Bonchev–Trinajstić information content (AvgIpc) is 3.30. The summed E-state index contributed by atoms with van der Waals surface area (Å²) in [4.78, 5) is 31.6. The van der Waals surface area contributed by atoms with Crippen LogP contribution in [0.1, 0.15) is 33.6 Å². The van der Waals surface area contributed by atoms with Crippen molar-refractivity contribution in [3.63, 3.8) is 0 Å². The number of carbonyl (C=O) groups is 2. The Hall–Kier alpha value is -2.70. The molecule has 6 nitrogen and oxygen atoms in total. The number of hydrogen-bond acceptors (Lipinski definition) is 4. The summed E-state index contributed by atoms with van der Waals surface area (Å²) in [6, 6.07) is 10.3. The van der Waals surface area contributed by atoms with Gasteiger partial charge >= 0.3 is 0 Å². The predicted molar refractivity (Wildman–Crippen MR) is 111 cm³/mol. The number of rotatable bonds is 4. The highest BCUT2D eigenvalue weighted by Crippen LogP contribution is 2.27. The Labute approximate surface area is 178 Å². The second-order valence-corrected chi connectivity index (χ2v) is 7.73. The molecule has 1 aromatic carbocycles. The minimum absolute atomic E-state index is 0.0425. The van der Waals surface area contributed by atoms with E-state index in [2.05, 4.69) is 10.1 Å². The second-order valence-electron chi connectivity index (χ2n) is 6.92. The van der Waals surface area contributed by atoms with Gasteiger partial charge in [-0.15, -0.1) is 0 Å². The van der Waals surface area contributed by atoms with Crippen molar-refractivity contribution in [1.29, 1.82) is 0 Å². The van der Waals surface area contributed by atoms with Crippen molar-refractivity contribution in [3.8, 4) is 5.82 Å². The van der Waals surface area contributed by atoms with Gasteiger partial charge in [-0.05, 0) is 49.2 Å². The minimum Gasteiger partial charge on any atom is -0.339 e. The number of aromatic nitrogens is 3. The lowest BCUT2D eigenvalue weighted by atomic mass is 9.88. The molecule has 1 aliphatic heterocycles. The van der Waals surface area contributed by atoms with E-state index in [1.165, 1.54) is 0 Å². The molecular formula is C21H18Cl2N4O2. The number of ketones is 1. The quantitative estimate of drug-likeness (QED) is 0.580. The Bertz CT molecular complexity index is 1030. The summed E-state index contributed by atoms with van der Waals surface area (Å²) >= 11 is 11.9. The third-order valence-corrected chi connectivity index (χ3v) is 5.83. The highest BCUT2D eigenvalue weighted by atomic mass is 35.5. The van der Waals surface area contributed by atoms with Crippen molar-refractivity contribution in [3.05, 3.63) is 76.2 Å². The number of hydrogen-bond donors (Lipinski definition) is 0. The highest BCUT2D eigenvalue weighted by molar-refractivity contribution is 6.42. The standard InChI is InChI=1S/C21H18Cl2N4O2/c22-17-4-2-15(12-18(17)23)20(28)14-6-10-26(11-7-14)21(29)16-3-5-19(24-13-16)27-9-1-8-25-27/h1-5,8-9,12-14H,6-7,10-11H2. The lowest BCUT2D eigenvalue weighted by Gasteiger charge is -2.31. The Kier molecular flexibility index (Phi) is 5.65. The van der Waals surface area contributed by atoms with Crippen LogP contribution in [0.2, 0.25) is 10.0 Å². The Morgan fingerprint density at radius 3 is 2.38 bits per heavy atom. The van der Waals surface area contributed by atoms with Crippen LogP contribution in [0.3, 0.4) is 0 Å². The molecular weight excluding hydrogens is 411 g/mol. The predicted octanol–water partition coefficient (Wildman–Crippen LogP) is 4.31. The fourth-order valence-corrected chi connectivity index (χ4v) is 3.76. The van der Waals surface area contributed by atoms with E-state index in [9.17, 15) is 9.59 Å². The zero-order valence-corrected chi connectivity index (χ0v) is 17.0. The van der Waals surface area contributed by atoms with Crippen LogP contribution in [0, 0.1) is 5.92 Å². The third kappa shape index (κ3) is 4.18. The number of pyridine rings is 1. The number of piperidine rings is 1. The molecule has 2 aromatic heterocycles. The Morgan fingerprint density at radius 2 is 1.76 bits per heavy atom. The van der Waals surface area contributed by atoms with Gasteiger partial charge in [-0.1, -0.05) is 23.2 Å². The average molecular weight is 429 g/mol. The first kappa shape index (κ1) is 19.6. The molecule has 0 atom stereocenters. The molecule has 0 spiro atoms. The van der Waals surface area contributed by atoms with E-state index in [1.54, 1.807) is 58.5 Å². The molecule has 3 aromatic rings. The van der Waals surface area contributed by atoms with Gasteiger partial charge in [0.25, 0.3) is 5.91 Å². The van der Waals surface area contributed by atoms with Crippen LogP contribution in [0.5, 0.6) is 0 Å². The zero-order chi connectivity index (χ0) is 20.4. The number of benzene rings is 1.